The lowest BCUT2D eigenvalue weighted by molar-refractivity contribution is -0.137. The second-order valence-electron chi connectivity index (χ2n) is 7.23. The molecule has 1 heterocycles. The van der Waals surface area contributed by atoms with Gasteiger partial charge in [-0.2, -0.15) is 0 Å². The van der Waals surface area contributed by atoms with Crippen molar-refractivity contribution in [2.75, 3.05) is 0 Å². The average Bonchev–Trinajstić information content (AvgIpc) is 3.34. The molecule has 0 spiro atoms. The van der Waals surface area contributed by atoms with Crippen LogP contribution in [0.4, 0.5) is 0 Å². The van der Waals surface area contributed by atoms with Crippen molar-refractivity contribution in [3.63, 3.8) is 0 Å². The van der Waals surface area contributed by atoms with Gasteiger partial charge in [-0.3, -0.25) is 4.79 Å². The molecule has 4 aromatic rings. The van der Waals surface area contributed by atoms with Crippen LogP contribution in [0.5, 0.6) is 0 Å². The van der Waals surface area contributed by atoms with Crippen LogP contribution in [0.2, 0.25) is 0 Å². The van der Waals surface area contributed by atoms with Crippen molar-refractivity contribution < 1.29 is 14.3 Å². The smallest absolute Gasteiger partial charge is 0.303 e. The van der Waals surface area contributed by atoms with Crippen molar-refractivity contribution in [3.8, 4) is 0 Å². The van der Waals surface area contributed by atoms with Gasteiger partial charge < -0.3 is 9.52 Å². The first kappa shape index (κ1) is 20.7. The second-order valence-corrected chi connectivity index (χ2v) is 7.23. The Morgan fingerprint density at radius 2 is 1.59 bits per heavy atom. The molecule has 1 aliphatic carbocycles. The lowest BCUT2D eigenvalue weighted by Crippen LogP contribution is -2.02. The molecule has 1 aromatic heterocycles. The molecule has 29 heavy (non-hydrogen) atoms. The summed E-state index contributed by atoms with van der Waals surface area (Å²) in [5.41, 5.74) is 3.17. The quantitative estimate of drug-likeness (QED) is 0.375. The summed E-state index contributed by atoms with van der Waals surface area (Å²) in [5.74, 6) is -0.711. The van der Waals surface area contributed by atoms with Gasteiger partial charge in [0.1, 0.15) is 0 Å². The first-order valence-electron chi connectivity index (χ1n) is 10.3. The Bertz CT molecular complexity index is 1030. The summed E-state index contributed by atoms with van der Waals surface area (Å²) in [6.45, 7) is 1.84. The fourth-order valence-electron chi connectivity index (χ4n) is 3.78. The van der Waals surface area contributed by atoms with E-state index in [1.165, 1.54) is 47.2 Å². The summed E-state index contributed by atoms with van der Waals surface area (Å²) >= 11 is 0. The second kappa shape index (κ2) is 10.5. The summed E-state index contributed by atoms with van der Waals surface area (Å²) in [5, 5.41) is 13.6. The van der Waals surface area contributed by atoms with Crippen LogP contribution in [0.25, 0.3) is 21.5 Å². The Hall–Kier alpha value is -3.07. The molecule has 1 N–H and O–H groups in total. The number of furan rings is 1. The van der Waals surface area contributed by atoms with E-state index in [1.807, 2.05) is 19.1 Å². The van der Waals surface area contributed by atoms with Crippen molar-refractivity contribution in [1.29, 1.82) is 0 Å². The maximum atomic E-state index is 9.60. The number of fused-ring (bicyclic) bond motifs is 5. The summed E-state index contributed by atoms with van der Waals surface area (Å²) in [7, 11) is 0. The number of aliphatic carboxylic acids is 1. The van der Waals surface area contributed by atoms with E-state index in [0.717, 1.165) is 6.42 Å². The molecule has 3 aromatic carbocycles. The minimum absolute atomic E-state index is 0.292. The van der Waals surface area contributed by atoms with Crippen LogP contribution in [-0.2, 0) is 17.6 Å². The predicted molar refractivity (Wildman–Crippen MR) is 119 cm³/mol. The number of aryl methyl sites for hydroxylation is 2. The van der Waals surface area contributed by atoms with Crippen LogP contribution >= 0.6 is 0 Å². The van der Waals surface area contributed by atoms with Crippen molar-refractivity contribution in [3.05, 3.63) is 84.3 Å². The zero-order valence-corrected chi connectivity index (χ0v) is 16.9. The van der Waals surface area contributed by atoms with Gasteiger partial charge >= 0.3 is 5.97 Å². The van der Waals surface area contributed by atoms with Gasteiger partial charge in [0, 0.05) is 6.42 Å². The molecular weight excluding hydrogens is 360 g/mol. The summed E-state index contributed by atoms with van der Waals surface area (Å²) < 4.78 is 4.58. The van der Waals surface area contributed by atoms with E-state index in [0.29, 0.717) is 6.42 Å². The number of rotatable bonds is 2. The monoisotopic (exact) mass is 388 g/mol. The van der Waals surface area contributed by atoms with E-state index in [-0.39, 0.29) is 0 Å². The Morgan fingerprint density at radius 3 is 2.24 bits per heavy atom. The van der Waals surface area contributed by atoms with Crippen molar-refractivity contribution >= 4 is 27.5 Å². The lowest BCUT2D eigenvalue weighted by Gasteiger charge is -2.18. The van der Waals surface area contributed by atoms with Gasteiger partial charge in [-0.15, -0.1) is 0 Å². The van der Waals surface area contributed by atoms with Crippen LogP contribution < -0.4 is 0 Å². The predicted octanol–water partition coefficient (Wildman–Crippen LogP) is 7.02. The van der Waals surface area contributed by atoms with Crippen molar-refractivity contribution in [2.45, 2.75) is 45.4 Å². The maximum Gasteiger partial charge on any atom is 0.303 e. The van der Waals surface area contributed by atoms with Crippen LogP contribution in [0.15, 0.2) is 77.6 Å². The highest BCUT2D eigenvalue weighted by Crippen LogP contribution is 2.33. The third-order valence-electron chi connectivity index (χ3n) is 5.15. The molecule has 0 saturated carbocycles. The van der Waals surface area contributed by atoms with E-state index in [4.69, 9.17) is 5.11 Å². The van der Waals surface area contributed by atoms with Crippen LogP contribution in [0, 0.1) is 0 Å². The molecule has 3 nitrogen and oxygen atoms in total. The SMILES string of the molecule is CCCC(=O)O.c1ccc2c(c1)ccc1c3c(ccc12)CCCC3.c1ccoc1. The fourth-order valence-corrected chi connectivity index (χ4v) is 3.78. The third-order valence-corrected chi connectivity index (χ3v) is 5.15. The van der Waals surface area contributed by atoms with Gasteiger partial charge in [-0.25, -0.2) is 0 Å². The van der Waals surface area contributed by atoms with Gasteiger partial charge in [-0.1, -0.05) is 55.5 Å². The topological polar surface area (TPSA) is 50.4 Å². The van der Waals surface area contributed by atoms with Gasteiger partial charge in [0.15, 0.2) is 0 Å². The molecule has 0 unspecified atom stereocenters. The van der Waals surface area contributed by atoms with Gasteiger partial charge in [0.05, 0.1) is 12.5 Å². The molecule has 0 bridgehead atoms. The minimum Gasteiger partial charge on any atom is -0.481 e. The van der Waals surface area contributed by atoms with E-state index in [9.17, 15) is 4.79 Å². The van der Waals surface area contributed by atoms with E-state index < -0.39 is 5.97 Å². The molecule has 0 atom stereocenters. The van der Waals surface area contributed by atoms with E-state index in [2.05, 4.69) is 52.9 Å². The van der Waals surface area contributed by atoms with Crippen molar-refractivity contribution in [2.24, 2.45) is 0 Å². The molecule has 150 valence electrons. The Morgan fingerprint density at radius 1 is 0.862 bits per heavy atom. The lowest BCUT2D eigenvalue weighted by atomic mass is 9.86. The van der Waals surface area contributed by atoms with Crippen LogP contribution in [0.1, 0.15) is 43.7 Å². The molecule has 0 saturated heterocycles. The average molecular weight is 389 g/mol. The molecule has 0 radical (unpaired) electrons. The molecule has 3 heteroatoms. The van der Waals surface area contributed by atoms with E-state index in [1.54, 1.807) is 23.7 Å². The highest BCUT2D eigenvalue weighted by Gasteiger charge is 2.13. The summed E-state index contributed by atoms with van der Waals surface area (Å²) in [6, 6.07) is 21.6. The Balaban J connectivity index is 0.000000181. The van der Waals surface area contributed by atoms with Gasteiger partial charge in [-0.05, 0) is 76.9 Å². The number of hydrogen-bond acceptors (Lipinski definition) is 2. The van der Waals surface area contributed by atoms with Gasteiger partial charge in [0.2, 0.25) is 0 Å². The van der Waals surface area contributed by atoms with E-state index >= 15 is 0 Å². The normalized spacial score (nSPS) is 12.3. The third kappa shape index (κ3) is 5.47. The first-order chi connectivity index (χ1) is 14.2. The molecule has 0 aliphatic heterocycles. The minimum atomic E-state index is -0.711. The maximum absolute atomic E-state index is 9.60. The van der Waals surface area contributed by atoms with Crippen LogP contribution in [0.3, 0.4) is 0 Å². The zero-order chi connectivity index (χ0) is 20.5. The number of hydrogen-bond donors (Lipinski definition) is 1. The molecule has 0 amide bonds. The number of carbonyl (C=O) groups is 1. The highest BCUT2D eigenvalue weighted by molar-refractivity contribution is 6.08. The number of carboxylic acids is 1. The standard InChI is InChI=1S/C18H16.C4H8O2.C4H4O/c1-3-7-15-13(5-1)9-11-18-16-8-4-2-6-14(16)10-12-17(15)18;1-2-3-4(5)6;1-2-4-5-3-1/h1,3,5,7,9-12H,2,4,6,8H2;2-3H2,1H3,(H,5,6);1-4H. The fraction of sp³-hybridized carbons (Fsp3) is 0.269. The molecule has 0 fully saturated rings. The first-order valence-corrected chi connectivity index (χ1v) is 10.3. The largest absolute Gasteiger partial charge is 0.481 e. The highest BCUT2D eigenvalue weighted by atomic mass is 16.4. The summed E-state index contributed by atoms with van der Waals surface area (Å²) in [6.07, 6.45) is 9.49. The van der Waals surface area contributed by atoms with Gasteiger partial charge in [0.25, 0.3) is 0 Å². The number of benzene rings is 3. The van der Waals surface area contributed by atoms with Crippen molar-refractivity contribution in [1.82, 2.24) is 0 Å². The number of carboxylic acid groups (broad SMARTS) is 1. The Kier molecular flexibility index (Phi) is 7.46. The van der Waals surface area contributed by atoms with Crippen LogP contribution in [-0.4, -0.2) is 11.1 Å². The molecule has 1 aliphatic rings. The summed E-state index contributed by atoms with van der Waals surface area (Å²) in [4.78, 5) is 9.60. The molecule has 5 rings (SSSR count). The molecular formula is C26H28O3. The Labute approximate surface area is 172 Å². The zero-order valence-electron chi connectivity index (χ0n) is 16.9.